The number of hydrogen-bond donors (Lipinski definition) is 3. The lowest BCUT2D eigenvalue weighted by molar-refractivity contribution is -0.146. The third-order valence-corrected chi connectivity index (χ3v) is 1.93. The molecule has 0 fully saturated rings. The Kier molecular flexibility index (Phi) is 4.46. The molecule has 0 aromatic carbocycles. The molecule has 0 spiro atoms. The molecular weight excluding hydrogens is 214 g/mol. The first-order valence-electron chi connectivity index (χ1n) is 4.73. The van der Waals surface area contributed by atoms with Gasteiger partial charge in [0.15, 0.2) is 6.10 Å². The summed E-state index contributed by atoms with van der Waals surface area (Å²) in [6, 6.07) is 0. The normalized spacial score (nSPS) is 12.1. The van der Waals surface area contributed by atoms with Crippen LogP contribution in [0, 0.1) is 0 Å². The first-order chi connectivity index (χ1) is 7.59. The SMILES string of the molecule is O=C(CCn1ccnc1)NC[C@H](O)C(=O)O. The van der Waals surface area contributed by atoms with E-state index < -0.39 is 12.1 Å². The summed E-state index contributed by atoms with van der Waals surface area (Å²) in [5.74, 6) is -1.66. The van der Waals surface area contributed by atoms with Crippen LogP contribution in [0.3, 0.4) is 0 Å². The summed E-state index contributed by atoms with van der Waals surface area (Å²) < 4.78 is 1.73. The number of carboxylic acid groups (broad SMARTS) is 1. The van der Waals surface area contributed by atoms with E-state index in [1.165, 1.54) is 0 Å². The minimum absolute atomic E-state index is 0.211. The molecule has 0 saturated heterocycles. The number of aryl methyl sites for hydroxylation is 1. The van der Waals surface area contributed by atoms with E-state index in [1.54, 1.807) is 23.3 Å². The Morgan fingerprint density at radius 2 is 2.25 bits per heavy atom. The maximum atomic E-state index is 11.2. The van der Waals surface area contributed by atoms with Gasteiger partial charge in [-0.2, -0.15) is 0 Å². The quantitative estimate of drug-likeness (QED) is 0.568. The first-order valence-corrected chi connectivity index (χ1v) is 4.73. The Balaban J connectivity index is 2.19. The average Bonchev–Trinajstić information content (AvgIpc) is 2.75. The maximum Gasteiger partial charge on any atom is 0.334 e. The fourth-order valence-electron chi connectivity index (χ4n) is 1.04. The Hall–Kier alpha value is -1.89. The molecule has 0 bridgehead atoms. The van der Waals surface area contributed by atoms with Crippen molar-refractivity contribution in [1.29, 1.82) is 0 Å². The van der Waals surface area contributed by atoms with Crippen molar-refractivity contribution in [3.63, 3.8) is 0 Å². The largest absolute Gasteiger partial charge is 0.479 e. The molecule has 1 heterocycles. The lowest BCUT2D eigenvalue weighted by Gasteiger charge is -2.07. The van der Waals surface area contributed by atoms with Crippen LogP contribution in [0.1, 0.15) is 6.42 Å². The molecule has 0 radical (unpaired) electrons. The highest BCUT2D eigenvalue weighted by Gasteiger charge is 2.13. The molecule has 1 atom stereocenters. The number of imidazole rings is 1. The number of nitrogens with one attached hydrogen (secondary N) is 1. The highest BCUT2D eigenvalue weighted by atomic mass is 16.4. The smallest absolute Gasteiger partial charge is 0.334 e. The van der Waals surface area contributed by atoms with E-state index in [-0.39, 0.29) is 18.9 Å². The zero-order chi connectivity index (χ0) is 12.0. The first kappa shape index (κ1) is 12.2. The number of aliphatic hydroxyl groups excluding tert-OH is 1. The summed E-state index contributed by atoms with van der Waals surface area (Å²) in [7, 11) is 0. The molecule has 88 valence electrons. The van der Waals surface area contributed by atoms with Crippen LogP contribution < -0.4 is 5.32 Å². The summed E-state index contributed by atoms with van der Waals surface area (Å²) in [4.78, 5) is 25.3. The van der Waals surface area contributed by atoms with Gasteiger partial charge in [0.05, 0.1) is 12.9 Å². The van der Waals surface area contributed by atoms with Gasteiger partial charge in [-0.1, -0.05) is 0 Å². The topological polar surface area (TPSA) is 104 Å². The van der Waals surface area contributed by atoms with Crippen LogP contribution >= 0.6 is 0 Å². The van der Waals surface area contributed by atoms with Crippen molar-refractivity contribution in [2.24, 2.45) is 0 Å². The van der Waals surface area contributed by atoms with Crippen LogP contribution in [-0.4, -0.2) is 44.3 Å². The Bertz CT molecular complexity index is 350. The van der Waals surface area contributed by atoms with Crippen molar-refractivity contribution in [1.82, 2.24) is 14.9 Å². The van der Waals surface area contributed by atoms with E-state index in [2.05, 4.69) is 10.3 Å². The molecule has 0 saturated carbocycles. The number of rotatable bonds is 6. The van der Waals surface area contributed by atoms with Crippen molar-refractivity contribution >= 4 is 11.9 Å². The highest BCUT2D eigenvalue weighted by molar-refractivity contribution is 5.77. The predicted octanol–water partition coefficient (Wildman–Crippen LogP) is -1.17. The van der Waals surface area contributed by atoms with Crippen molar-refractivity contribution < 1.29 is 19.8 Å². The van der Waals surface area contributed by atoms with Crippen molar-refractivity contribution in [2.75, 3.05) is 6.54 Å². The summed E-state index contributed by atoms with van der Waals surface area (Å²) in [6.07, 6.45) is 3.56. The van der Waals surface area contributed by atoms with Crippen molar-refractivity contribution in [2.45, 2.75) is 19.1 Å². The van der Waals surface area contributed by atoms with Crippen LogP contribution in [0.15, 0.2) is 18.7 Å². The fourth-order valence-corrected chi connectivity index (χ4v) is 1.04. The predicted molar refractivity (Wildman–Crippen MR) is 53.5 cm³/mol. The van der Waals surface area contributed by atoms with Crippen LogP contribution in [0.2, 0.25) is 0 Å². The highest BCUT2D eigenvalue weighted by Crippen LogP contribution is 1.90. The minimum atomic E-state index is -1.56. The summed E-state index contributed by atoms with van der Waals surface area (Å²) in [6.45, 7) is 0.188. The summed E-state index contributed by atoms with van der Waals surface area (Å²) in [5, 5.41) is 19.6. The van der Waals surface area contributed by atoms with E-state index >= 15 is 0 Å². The van der Waals surface area contributed by atoms with Crippen LogP contribution in [0.4, 0.5) is 0 Å². The van der Waals surface area contributed by atoms with Crippen molar-refractivity contribution in [3.05, 3.63) is 18.7 Å². The number of nitrogens with zero attached hydrogens (tertiary/aromatic N) is 2. The van der Waals surface area contributed by atoms with E-state index in [1.807, 2.05) is 0 Å². The second-order valence-electron chi connectivity index (χ2n) is 3.21. The standard InChI is InChI=1S/C9H13N3O4/c13-7(9(15)16)5-11-8(14)1-3-12-4-2-10-6-12/h2,4,6-7,13H,1,3,5H2,(H,11,14)(H,15,16)/t7-/m0/s1. The van der Waals surface area contributed by atoms with Crippen molar-refractivity contribution in [3.8, 4) is 0 Å². The lowest BCUT2D eigenvalue weighted by Crippen LogP contribution is -2.36. The number of aromatic nitrogens is 2. The average molecular weight is 227 g/mol. The zero-order valence-corrected chi connectivity index (χ0v) is 8.54. The van der Waals surface area contributed by atoms with Gasteiger partial charge in [0.25, 0.3) is 0 Å². The molecule has 7 heteroatoms. The molecule has 1 aromatic rings. The molecule has 0 unspecified atom stereocenters. The van der Waals surface area contributed by atoms with Crippen LogP contribution in [-0.2, 0) is 16.1 Å². The molecule has 1 aromatic heterocycles. The van der Waals surface area contributed by atoms with Gasteiger partial charge in [0.2, 0.25) is 5.91 Å². The number of carboxylic acids is 1. The van der Waals surface area contributed by atoms with Gasteiger partial charge in [0, 0.05) is 25.4 Å². The third kappa shape index (κ3) is 4.09. The number of carbonyl (C=O) groups excluding carboxylic acids is 1. The van der Waals surface area contributed by atoms with Gasteiger partial charge in [-0.15, -0.1) is 0 Å². The van der Waals surface area contributed by atoms with Gasteiger partial charge < -0.3 is 20.1 Å². The number of aliphatic carboxylic acids is 1. The third-order valence-electron chi connectivity index (χ3n) is 1.93. The summed E-state index contributed by atoms with van der Waals surface area (Å²) >= 11 is 0. The molecule has 3 N–H and O–H groups in total. The van der Waals surface area contributed by atoms with E-state index in [4.69, 9.17) is 10.2 Å². The maximum absolute atomic E-state index is 11.2. The zero-order valence-electron chi connectivity index (χ0n) is 8.54. The second kappa shape index (κ2) is 5.86. The molecule has 16 heavy (non-hydrogen) atoms. The Morgan fingerprint density at radius 1 is 1.50 bits per heavy atom. The van der Waals surface area contributed by atoms with Crippen LogP contribution in [0.5, 0.6) is 0 Å². The Morgan fingerprint density at radius 3 is 2.81 bits per heavy atom. The van der Waals surface area contributed by atoms with E-state index in [9.17, 15) is 9.59 Å². The molecule has 1 amide bonds. The van der Waals surface area contributed by atoms with E-state index in [0.29, 0.717) is 6.54 Å². The molecule has 1 rings (SSSR count). The number of hydrogen-bond acceptors (Lipinski definition) is 4. The monoisotopic (exact) mass is 227 g/mol. The molecule has 0 aliphatic carbocycles. The minimum Gasteiger partial charge on any atom is -0.479 e. The number of amides is 1. The lowest BCUT2D eigenvalue weighted by atomic mass is 10.3. The molecule has 0 aliphatic rings. The van der Waals surface area contributed by atoms with Gasteiger partial charge >= 0.3 is 5.97 Å². The molecular formula is C9H13N3O4. The fraction of sp³-hybridized carbons (Fsp3) is 0.444. The van der Waals surface area contributed by atoms with E-state index in [0.717, 1.165) is 0 Å². The second-order valence-corrected chi connectivity index (χ2v) is 3.21. The van der Waals surface area contributed by atoms with Gasteiger partial charge in [0.1, 0.15) is 0 Å². The van der Waals surface area contributed by atoms with Gasteiger partial charge in [-0.05, 0) is 0 Å². The number of carbonyl (C=O) groups is 2. The molecule has 7 nitrogen and oxygen atoms in total. The summed E-state index contributed by atoms with van der Waals surface area (Å²) in [5.41, 5.74) is 0. The van der Waals surface area contributed by atoms with Crippen LogP contribution in [0.25, 0.3) is 0 Å². The number of aliphatic hydroxyl groups is 1. The van der Waals surface area contributed by atoms with Gasteiger partial charge in [-0.3, -0.25) is 4.79 Å². The van der Waals surface area contributed by atoms with Gasteiger partial charge in [-0.25, -0.2) is 9.78 Å². The molecule has 0 aliphatic heterocycles. The Labute approximate surface area is 91.7 Å².